The second-order valence-corrected chi connectivity index (χ2v) is 9.18. The van der Waals surface area contributed by atoms with Crippen LogP contribution >= 0.6 is 0 Å². The minimum absolute atomic E-state index is 0.257. The SMILES string of the molecule is Cc1cc(O)c2c(c1C=N)C=C(CC(O)CNc1ccc(C(C)C)cc1)c1ccccc1C2. The van der Waals surface area contributed by atoms with Gasteiger partial charge in [0, 0.05) is 42.4 Å². The van der Waals surface area contributed by atoms with E-state index in [-0.39, 0.29) is 5.75 Å². The van der Waals surface area contributed by atoms with E-state index in [2.05, 4.69) is 61.6 Å². The first-order valence-corrected chi connectivity index (χ1v) is 11.5. The second-order valence-electron chi connectivity index (χ2n) is 9.18. The lowest BCUT2D eigenvalue weighted by molar-refractivity contribution is 0.193. The lowest BCUT2D eigenvalue weighted by atomic mass is 9.93. The van der Waals surface area contributed by atoms with Gasteiger partial charge in [-0.3, -0.25) is 0 Å². The number of nitrogens with one attached hydrogen (secondary N) is 2. The average Bonchev–Trinajstić information content (AvgIpc) is 2.96. The number of aromatic hydroxyl groups is 1. The molecule has 4 N–H and O–H groups in total. The van der Waals surface area contributed by atoms with Gasteiger partial charge in [-0.1, -0.05) is 50.2 Å². The van der Waals surface area contributed by atoms with Crippen molar-refractivity contribution >= 4 is 23.6 Å². The summed E-state index contributed by atoms with van der Waals surface area (Å²) < 4.78 is 0. The van der Waals surface area contributed by atoms with Gasteiger partial charge in [0.1, 0.15) is 5.75 Å². The molecule has 0 aromatic heterocycles. The van der Waals surface area contributed by atoms with Crippen LogP contribution in [0.5, 0.6) is 5.75 Å². The van der Waals surface area contributed by atoms with Crippen molar-refractivity contribution in [1.29, 1.82) is 5.41 Å². The van der Waals surface area contributed by atoms with E-state index >= 15 is 0 Å². The molecule has 3 aromatic rings. The Morgan fingerprint density at radius 3 is 2.52 bits per heavy atom. The summed E-state index contributed by atoms with van der Waals surface area (Å²) in [5, 5.41) is 32.9. The summed E-state index contributed by atoms with van der Waals surface area (Å²) >= 11 is 0. The number of fused-ring (bicyclic) bond motifs is 2. The predicted octanol–water partition coefficient (Wildman–Crippen LogP) is 6.13. The van der Waals surface area contributed by atoms with E-state index < -0.39 is 6.10 Å². The molecule has 0 bridgehead atoms. The Kier molecular flexibility index (Phi) is 6.66. The molecule has 1 unspecified atom stereocenters. The smallest absolute Gasteiger partial charge is 0.120 e. The van der Waals surface area contributed by atoms with E-state index in [0.29, 0.717) is 25.3 Å². The fourth-order valence-corrected chi connectivity index (χ4v) is 4.57. The van der Waals surface area contributed by atoms with E-state index in [9.17, 15) is 10.2 Å². The molecule has 4 rings (SSSR count). The first kappa shape index (κ1) is 22.8. The van der Waals surface area contributed by atoms with Crippen molar-refractivity contribution in [2.75, 3.05) is 11.9 Å². The maximum absolute atomic E-state index is 10.9. The summed E-state index contributed by atoms with van der Waals surface area (Å²) in [6, 6.07) is 18.2. The Bertz CT molecular complexity index is 1190. The lowest BCUT2D eigenvalue weighted by Crippen LogP contribution is -2.20. The summed E-state index contributed by atoms with van der Waals surface area (Å²) in [5.41, 5.74) is 8.88. The number of anilines is 1. The van der Waals surface area contributed by atoms with Crippen molar-refractivity contribution in [3.63, 3.8) is 0 Å². The Balaban J connectivity index is 1.61. The molecule has 0 amide bonds. The first-order valence-electron chi connectivity index (χ1n) is 11.5. The van der Waals surface area contributed by atoms with E-state index in [1.165, 1.54) is 11.8 Å². The van der Waals surface area contributed by atoms with Crippen molar-refractivity contribution in [3.05, 3.63) is 93.5 Å². The van der Waals surface area contributed by atoms with Crippen LogP contribution in [-0.4, -0.2) is 29.1 Å². The van der Waals surface area contributed by atoms with Crippen molar-refractivity contribution in [3.8, 4) is 5.75 Å². The first-order chi connectivity index (χ1) is 15.9. The van der Waals surface area contributed by atoms with Gasteiger partial charge in [0.25, 0.3) is 0 Å². The molecule has 1 atom stereocenters. The molecule has 0 fully saturated rings. The Morgan fingerprint density at radius 1 is 1.09 bits per heavy atom. The van der Waals surface area contributed by atoms with E-state index in [4.69, 9.17) is 5.41 Å². The maximum Gasteiger partial charge on any atom is 0.120 e. The largest absolute Gasteiger partial charge is 0.508 e. The fourth-order valence-electron chi connectivity index (χ4n) is 4.57. The third kappa shape index (κ3) is 4.86. The summed E-state index contributed by atoms with van der Waals surface area (Å²) in [6.07, 6.45) is 3.89. The molecular weight excluding hydrogens is 408 g/mol. The van der Waals surface area contributed by atoms with E-state index in [1.807, 2.05) is 19.1 Å². The molecule has 1 aliphatic rings. The number of hydrogen-bond acceptors (Lipinski definition) is 4. The molecule has 0 radical (unpaired) electrons. The molecule has 33 heavy (non-hydrogen) atoms. The zero-order valence-electron chi connectivity index (χ0n) is 19.5. The molecule has 0 spiro atoms. The van der Waals surface area contributed by atoms with Crippen LogP contribution in [0.25, 0.3) is 11.6 Å². The van der Waals surface area contributed by atoms with Gasteiger partial charge < -0.3 is 20.9 Å². The molecule has 0 saturated heterocycles. The van der Waals surface area contributed by atoms with Crippen molar-refractivity contribution in [1.82, 2.24) is 0 Å². The van der Waals surface area contributed by atoms with Crippen molar-refractivity contribution < 1.29 is 10.2 Å². The summed E-state index contributed by atoms with van der Waals surface area (Å²) in [7, 11) is 0. The lowest BCUT2D eigenvalue weighted by Gasteiger charge is -2.17. The number of phenols is 1. The molecule has 170 valence electrons. The second kappa shape index (κ2) is 9.63. The molecule has 0 heterocycles. The molecule has 1 aliphatic carbocycles. The number of benzene rings is 3. The number of aliphatic hydroxyl groups excluding tert-OH is 1. The van der Waals surface area contributed by atoms with Gasteiger partial charge in [-0.2, -0.15) is 0 Å². The molecule has 4 heteroatoms. The number of aliphatic hydroxyl groups is 1. The van der Waals surface area contributed by atoms with E-state index in [0.717, 1.165) is 44.6 Å². The quantitative estimate of drug-likeness (QED) is 0.334. The van der Waals surface area contributed by atoms with Crippen LogP contribution in [0.1, 0.15) is 65.1 Å². The van der Waals surface area contributed by atoms with Crippen LogP contribution in [0.4, 0.5) is 5.69 Å². The molecule has 0 aliphatic heterocycles. The summed E-state index contributed by atoms with van der Waals surface area (Å²) in [5.74, 6) is 0.746. The number of aryl methyl sites for hydroxylation is 1. The summed E-state index contributed by atoms with van der Waals surface area (Å²) in [4.78, 5) is 0. The third-order valence-electron chi connectivity index (χ3n) is 6.47. The number of phenolic OH excluding ortho intramolecular Hbond substituents is 1. The van der Waals surface area contributed by atoms with Crippen LogP contribution in [0.15, 0.2) is 54.6 Å². The van der Waals surface area contributed by atoms with Crippen molar-refractivity contribution in [2.24, 2.45) is 0 Å². The van der Waals surface area contributed by atoms with Gasteiger partial charge in [-0.15, -0.1) is 0 Å². The number of hydrogen-bond donors (Lipinski definition) is 4. The van der Waals surface area contributed by atoms with Gasteiger partial charge in [0.15, 0.2) is 0 Å². The van der Waals surface area contributed by atoms with Gasteiger partial charge in [0.05, 0.1) is 6.10 Å². The van der Waals surface area contributed by atoms with Crippen LogP contribution in [-0.2, 0) is 6.42 Å². The minimum atomic E-state index is -0.586. The Morgan fingerprint density at radius 2 is 1.82 bits per heavy atom. The Hall–Kier alpha value is -3.37. The highest BCUT2D eigenvalue weighted by Crippen LogP contribution is 2.38. The van der Waals surface area contributed by atoms with Gasteiger partial charge in [-0.05, 0) is 70.5 Å². The van der Waals surface area contributed by atoms with Gasteiger partial charge >= 0.3 is 0 Å². The van der Waals surface area contributed by atoms with Crippen LogP contribution < -0.4 is 5.32 Å². The molecule has 4 nitrogen and oxygen atoms in total. The zero-order valence-corrected chi connectivity index (χ0v) is 19.5. The van der Waals surface area contributed by atoms with Crippen molar-refractivity contribution in [2.45, 2.75) is 45.6 Å². The highest BCUT2D eigenvalue weighted by Gasteiger charge is 2.22. The molecule has 0 saturated carbocycles. The molecular formula is C29H32N2O2. The Labute approximate surface area is 196 Å². The maximum atomic E-state index is 10.9. The van der Waals surface area contributed by atoms with Crippen LogP contribution in [0.3, 0.4) is 0 Å². The highest BCUT2D eigenvalue weighted by atomic mass is 16.3. The van der Waals surface area contributed by atoms with Gasteiger partial charge in [0.2, 0.25) is 0 Å². The average molecular weight is 441 g/mol. The zero-order chi connectivity index (χ0) is 23.5. The topological polar surface area (TPSA) is 76.3 Å². The minimum Gasteiger partial charge on any atom is -0.508 e. The summed E-state index contributed by atoms with van der Waals surface area (Å²) in [6.45, 7) is 6.70. The highest BCUT2D eigenvalue weighted by molar-refractivity contribution is 5.94. The fraction of sp³-hybridized carbons (Fsp3) is 0.276. The third-order valence-corrected chi connectivity index (χ3v) is 6.47. The number of rotatable bonds is 7. The standard InChI is InChI=1S/C29H32N2O2/c1-18(2)20-8-10-23(11-9-20)31-17-24(32)13-22-15-26-27(14-21-6-4-5-7-25(21)22)29(33)12-19(3)28(26)16-30/h4-12,15-16,18,24,30-33H,13-14,17H2,1-3H3. The van der Waals surface area contributed by atoms with E-state index in [1.54, 1.807) is 6.07 Å². The van der Waals surface area contributed by atoms with Crippen LogP contribution in [0.2, 0.25) is 0 Å². The monoisotopic (exact) mass is 440 g/mol. The van der Waals surface area contributed by atoms with Gasteiger partial charge in [-0.25, -0.2) is 0 Å². The predicted molar refractivity (Wildman–Crippen MR) is 137 cm³/mol. The van der Waals surface area contributed by atoms with Crippen LogP contribution in [0, 0.1) is 12.3 Å². The normalized spacial score (nSPS) is 13.5. The molecule has 3 aromatic carbocycles.